The first-order valence-corrected chi connectivity index (χ1v) is 17.7. The molecule has 1 saturated carbocycles. The third kappa shape index (κ3) is 8.28. The van der Waals surface area contributed by atoms with Gasteiger partial charge in [-0.1, -0.05) is 39.9 Å². The van der Waals surface area contributed by atoms with E-state index in [1.807, 2.05) is 0 Å². The third-order valence-electron chi connectivity index (χ3n) is 6.84. The van der Waals surface area contributed by atoms with Crippen molar-refractivity contribution in [2.75, 3.05) is 29.2 Å². The summed E-state index contributed by atoms with van der Waals surface area (Å²) in [6.45, 7) is 5.53. The van der Waals surface area contributed by atoms with Crippen LogP contribution in [0.3, 0.4) is 0 Å². The number of esters is 1. The lowest BCUT2D eigenvalue weighted by Crippen LogP contribution is -2.71. The third-order valence-corrected chi connectivity index (χ3v) is 9.73. The second kappa shape index (κ2) is 14.5. The minimum atomic E-state index is -0.940. The zero-order valence-corrected chi connectivity index (χ0v) is 29.3. The molecular formula is C29H33IN6O8S2. The Balaban J connectivity index is 1.26. The average Bonchev–Trinajstić information content (AvgIpc) is 3.74. The number of rotatable bonds is 12. The van der Waals surface area contributed by atoms with E-state index in [1.54, 1.807) is 52.1 Å². The van der Waals surface area contributed by atoms with E-state index in [4.69, 9.17) is 19.0 Å². The van der Waals surface area contributed by atoms with Crippen LogP contribution in [-0.2, 0) is 35.3 Å². The summed E-state index contributed by atoms with van der Waals surface area (Å²) in [4.78, 5) is 63.5. The van der Waals surface area contributed by atoms with Crippen LogP contribution in [0.25, 0.3) is 0 Å². The van der Waals surface area contributed by atoms with E-state index in [-0.39, 0.29) is 29.0 Å². The highest BCUT2D eigenvalue weighted by atomic mass is 127. The van der Waals surface area contributed by atoms with Gasteiger partial charge in [-0.25, -0.2) is 9.59 Å². The number of thioether (sulfide) groups is 1. The fraction of sp³-hybridized carbons (Fsp3) is 0.483. The van der Waals surface area contributed by atoms with Crippen LogP contribution in [-0.4, -0.2) is 84.8 Å². The Kier molecular flexibility index (Phi) is 10.7. The minimum Gasteiger partial charge on any atom is -0.497 e. The van der Waals surface area contributed by atoms with Crippen LogP contribution in [0.1, 0.15) is 45.0 Å². The number of hydrogen-bond acceptors (Lipinski definition) is 13. The standard InChI is InChI=1S/C29H33IN6O8S2/c1-29(2,3)44-28(40)33-27-32-22(35-46-27)19(34-43-13-16-5-6-16)23(37)31-20-24(38)36-21(17(11-30)14-45-25(20)36)26(39)42-12-15-7-9-18(41-4)10-8-15/h7-10,16,20,25H,5-6,11-14H2,1-4H3,(H,31,37)(H,32,33,35,40)/b34-19-/t20-,25+/m1/s1. The van der Waals surface area contributed by atoms with Crippen LogP contribution in [0.2, 0.25) is 0 Å². The van der Waals surface area contributed by atoms with Crippen molar-refractivity contribution in [1.82, 2.24) is 19.6 Å². The van der Waals surface area contributed by atoms with Gasteiger partial charge in [0.1, 0.15) is 41.7 Å². The van der Waals surface area contributed by atoms with Gasteiger partial charge in [0.15, 0.2) is 0 Å². The quantitative estimate of drug-likeness (QED) is 0.0801. The first-order chi connectivity index (χ1) is 22.0. The Morgan fingerprint density at radius 3 is 2.57 bits per heavy atom. The molecule has 3 heterocycles. The lowest BCUT2D eigenvalue weighted by Gasteiger charge is -2.49. The van der Waals surface area contributed by atoms with E-state index >= 15 is 0 Å². The lowest BCUT2D eigenvalue weighted by atomic mass is 10.0. The van der Waals surface area contributed by atoms with Gasteiger partial charge in [0.2, 0.25) is 16.7 Å². The highest BCUT2D eigenvalue weighted by Gasteiger charge is 2.54. The molecule has 1 aromatic heterocycles. The molecule has 1 saturated heterocycles. The molecule has 2 N–H and O–H groups in total. The van der Waals surface area contributed by atoms with Gasteiger partial charge in [0.25, 0.3) is 11.8 Å². The number of carbonyl (C=O) groups is 4. The van der Waals surface area contributed by atoms with Gasteiger partial charge in [-0.15, -0.1) is 11.8 Å². The largest absolute Gasteiger partial charge is 0.497 e. The number of amides is 3. The van der Waals surface area contributed by atoms with E-state index in [1.165, 1.54) is 16.7 Å². The number of anilines is 1. The van der Waals surface area contributed by atoms with E-state index in [0.29, 0.717) is 28.5 Å². The topological polar surface area (TPSA) is 171 Å². The maximum atomic E-state index is 13.5. The van der Waals surface area contributed by atoms with Crippen molar-refractivity contribution in [3.63, 3.8) is 0 Å². The first-order valence-electron chi connectivity index (χ1n) is 14.3. The SMILES string of the molecule is COc1ccc(COC(=O)C2=C(CI)CS[C@H]3[C@H](NC(=O)/C(=N\OCC4CC4)c4nsc(NC(=O)OC(C)(C)C)n4)C(=O)N23)cc1. The molecule has 0 unspecified atom stereocenters. The molecule has 1 aliphatic carbocycles. The van der Waals surface area contributed by atoms with Crippen LogP contribution in [0.5, 0.6) is 5.75 Å². The molecule has 2 aliphatic heterocycles. The maximum absolute atomic E-state index is 13.5. The van der Waals surface area contributed by atoms with Crippen LogP contribution < -0.4 is 15.4 Å². The predicted molar refractivity (Wildman–Crippen MR) is 179 cm³/mol. The number of halogens is 1. The number of fused-ring (bicyclic) bond motifs is 1. The Morgan fingerprint density at radius 1 is 1.17 bits per heavy atom. The zero-order valence-electron chi connectivity index (χ0n) is 25.5. The molecular weight excluding hydrogens is 751 g/mol. The van der Waals surface area contributed by atoms with Crippen molar-refractivity contribution in [3.8, 4) is 5.75 Å². The van der Waals surface area contributed by atoms with Gasteiger partial charge < -0.3 is 24.4 Å². The van der Waals surface area contributed by atoms with Crippen LogP contribution in [0, 0.1) is 5.92 Å². The number of carbonyl (C=O) groups excluding carboxylic acids is 4. The number of oxime groups is 1. The molecule has 1 aromatic carbocycles. The molecule has 3 amide bonds. The number of benzene rings is 1. The van der Waals surface area contributed by atoms with E-state index < -0.39 is 40.9 Å². The summed E-state index contributed by atoms with van der Waals surface area (Å²) in [5.41, 5.74) is 0.767. The van der Waals surface area contributed by atoms with Crippen LogP contribution in [0.4, 0.5) is 9.93 Å². The number of aromatic nitrogens is 2. The van der Waals surface area contributed by atoms with Crippen LogP contribution in [0.15, 0.2) is 40.7 Å². The number of nitrogens with one attached hydrogen (secondary N) is 2. The number of β-lactam (4-membered cyclic amide) rings is 1. The summed E-state index contributed by atoms with van der Waals surface area (Å²) in [5, 5.41) is 8.79. The Labute approximate surface area is 287 Å². The number of ether oxygens (including phenoxy) is 3. The van der Waals surface area contributed by atoms with Crippen molar-refractivity contribution < 1.29 is 38.2 Å². The van der Waals surface area contributed by atoms with Crippen molar-refractivity contribution in [1.29, 1.82) is 0 Å². The molecule has 14 nitrogen and oxygen atoms in total. The predicted octanol–water partition coefficient (Wildman–Crippen LogP) is 3.86. The summed E-state index contributed by atoms with van der Waals surface area (Å²) in [6.07, 6.45) is 1.30. The van der Waals surface area contributed by atoms with E-state index in [2.05, 4.69) is 47.7 Å². The Bertz CT molecular complexity index is 1550. The van der Waals surface area contributed by atoms with Crippen LogP contribution >= 0.6 is 45.9 Å². The fourth-order valence-electron chi connectivity index (χ4n) is 4.36. The molecule has 2 atom stereocenters. The Hall–Kier alpha value is -3.45. The number of nitrogens with zero attached hydrogens (tertiary/aromatic N) is 4. The summed E-state index contributed by atoms with van der Waals surface area (Å²) in [7, 11) is 1.57. The smallest absolute Gasteiger partial charge is 0.414 e. The fourth-order valence-corrected chi connectivity index (χ4v) is 7.26. The monoisotopic (exact) mass is 784 g/mol. The summed E-state index contributed by atoms with van der Waals surface area (Å²) in [6, 6.07) is 6.18. The second-order valence-corrected chi connectivity index (χ2v) is 14.2. The second-order valence-electron chi connectivity index (χ2n) is 11.6. The van der Waals surface area contributed by atoms with Gasteiger partial charge in [-0.05, 0) is 62.8 Å². The number of alkyl halides is 1. The van der Waals surface area contributed by atoms with Crippen molar-refractivity contribution in [3.05, 3.63) is 46.9 Å². The Morgan fingerprint density at radius 2 is 1.91 bits per heavy atom. The first kappa shape index (κ1) is 33.9. The van der Waals surface area contributed by atoms with Crippen molar-refractivity contribution in [2.45, 2.75) is 57.2 Å². The number of hydrogen-bond donors (Lipinski definition) is 2. The normalized spacial score (nSPS) is 19.5. The minimum absolute atomic E-state index is 0.0208. The molecule has 2 fully saturated rings. The summed E-state index contributed by atoms with van der Waals surface area (Å²) < 4.78 is 20.7. The lowest BCUT2D eigenvalue weighted by molar-refractivity contribution is -0.153. The highest BCUT2D eigenvalue weighted by molar-refractivity contribution is 14.1. The molecule has 0 bridgehead atoms. The van der Waals surface area contributed by atoms with Gasteiger partial charge in [0, 0.05) is 21.7 Å². The molecule has 46 heavy (non-hydrogen) atoms. The van der Waals surface area contributed by atoms with Gasteiger partial charge in [-0.3, -0.25) is 19.8 Å². The molecule has 0 spiro atoms. The zero-order chi connectivity index (χ0) is 33.0. The molecule has 0 radical (unpaired) electrons. The summed E-state index contributed by atoms with van der Waals surface area (Å²) >= 11 is 4.42. The number of methoxy groups -OCH3 is 1. The molecule has 5 rings (SSSR count). The van der Waals surface area contributed by atoms with Gasteiger partial charge >= 0.3 is 12.1 Å². The van der Waals surface area contributed by atoms with E-state index in [9.17, 15) is 19.2 Å². The van der Waals surface area contributed by atoms with Gasteiger partial charge in [0.05, 0.1) is 7.11 Å². The van der Waals surface area contributed by atoms with Gasteiger partial charge in [-0.2, -0.15) is 9.36 Å². The molecule has 246 valence electrons. The summed E-state index contributed by atoms with van der Waals surface area (Å²) in [5.74, 6) is -0.359. The van der Waals surface area contributed by atoms with E-state index in [0.717, 1.165) is 35.5 Å². The molecule has 3 aliphatic rings. The molecule has 2 aromatic rings. The molecule has 17 heteroatoms. The van der Waals surface area contributed by atoms with Crippen molar-refractivity contribution >= 4 is 80.6 Å². The van der Waals surface area contributed by atoms with Crippen molar-refractivity contribution in [2.24, 2.45) is 11.1 Å². The highest BCUT2D eigenvalue weighted by Crippen LogP contribution is 2.41. The average molecular weight is 785 g/mol. The maximum Gasteiger partial charge on any atom is 0.414 e.